The van der Waals surface area contributed by atoms with Crippen molar-refractivity contribution >= 4 is 29.2 Å². The van der Waals surface area contributed by atoms with Crippen molar-refractivity contribution in [1.29, 1.82) is 0 Å². The normalized spacial score (nSPS) is 11.3. The summed E-state index contributed by atoms with van der Waals surface area (Å²) in [6, 6.07) is 11.8. The van der Waals surface area contributed by atoms with Crippen molar-refractivity contribution in [3.8, 4) is 5.75 Å². The number of halogens is 3. The number of benzene rings is 2. The molecule has 0 spiro atoms. The summed E-state index contributed by atoms with van der Waals surface area (Å²) in [6.07, 6.45) is -2.98. The molecule has 2 aromatic rings. The molecule has 0 radical (unpaired) electrons. The molecule has 8 heteroatoms. The van der Waals surface area contributed by atoms with Gasteiger partial charge in [0.15, 0.2) is 5.11 Å². The van der Waals surface area contributed by atoms with E-state index in [2.05, 4.69) is 15.8 Å². The lowest BCUT2D eigenvalue weighted by Gasteiger charge is -2.08. The Morgan fingerprint density at radius 2 is 1.88 bits per heavy atom. The topological polar surface area (TPSA) is 45.6 Å². The highest BCUT2D eigenvalue weighted by molar-refractivity contribution is 7.80. The molecule has 0 atom stereocenters. The molecule has 0 fully saturated rings. The summed E-state index contributed by atoms with van der Waals surface area (Å²) >= 11 is 5.07. The molecular weight excluding hydrogens is 339 g/mol. The Hall–Kier alpha value is -2.61. The Balaban J connectivity index is 1.90. The molecule has 0 aliphatic heterocycles. The minimum atomic E-state index is -4.35. The third-order valence-electron chi connectivity index (χ3n) is 2.95. The number of alkyl halides is 3. The average molecular weight is 353 g/mol. The monoisotopic (exact) mass is 353 g/mol. The van der Waals surface area contributed by atoms with Crippen molar-refractivity contribution in [1.82, 2.24) is 5.43 Å². The number of anilines is 1. The molecule has 0 aromatic heterocycles. The van der Waals surface area contributed by atoms with Gasteiger partial charge >= 0.3 is 6.18 Å². The van der Waals surface area contributed by atoms with E-state index < -0.39 is 11.7 Å². The highest BCUT2D eigenvalue weighted by Crippen LogP contribution is 2.28. The lowest BCUT2D eigenvalue weighted by atomic mass is 10.1. The molecule has 126 valence electrons. The number of hydrogen-bond acceptors (Lipinski definition) is 3. The number of ether oxygens (including phenoxy) is 1. The summed E-state index contributed by atoms with van der Waals surface area (Å²) < 4.78 is 42.5. The van der Waals surface area contributed by atoms with Gasteiger partial charge in [0.2, 0.25) is 0 Å². The second-order valence-electron chi connectivity index (χ2n) is 4.68. The van der Waals surface area contributed by atoms with Crippen molar-refractivity contribution in [2.45, 2.75) is 6.18 Å². The summed E-state index contributed by atoms with van der Waals surface area (Å²) in [6.45, 7) is 0. The first-order valence-corrected chi connectivity index (χ1v) is 7.20. The zero-order valence-corrected chi connectivity index (χ0v) is 13.4. The van der Waals surface area contributed by atoms with E-state index in [1.165, 1.54) is 18.3 Å². The van der Waals surface area contributed by atoms with Crippen LogP contribution in [0.1, 0.15) is 11.1 Å². The molecule has 0 aliphatic rings. The van der Waals surface area contributed by atoms with Crippen molar-refractivity contribution in [3.63, 3.8) is 0 Å². The van der Waals surface area contributed by atoms with Gasteiger partial charge in [0.25, 0.3) is 0 Å². The zero-order chi connectivity index (χ0) is 17.6. The van der Waals surface area contributed by atoms with Crippen molar-refractivity contribution in [3.05, 3.63) is 59.7 Å². The number of nitrogens with zero attached hydrogens (tertiary/aromatic N) is 1. The Kier molecular flexibility index (Phi) is 5.75. The maximum atomic E-state index is 12.5. The second-order valence-corrected chi connectivity index (χ2v) is 5.08. The van der Waals surface area contributed by atoms with Crippen LogP contribution in [0.5, 0.6) is 5.75 Å². The van der Waals surface area contributed by atoms with Crippen molar-refractivity contribution in [2.75, 3.05) is 12.4 Å². The lowest BCUT2D eigenvalue weighted by molar-refractivity contribution is -0.137. The fourth-order valence-electron chi connectivity index (χ4n) is 1.78. The molecule has 2 rings (SSSR count). The second kappa shape index (κ2) is 7.78. The Labute approximate surface area is 142 Å². The van der Waals surface area contributed by atoms with Gasteiger partial charge in [0.05, 0.1) is 18.9 Å². The standard InChI is InChI=1S/C16H14F3N3OS/c1-23-14-4-2-3-13(9-14)21-15(24)22-20-10-11-5-7-12(8-6-11)16(17,18)19/h2-10H,1H3,(H2,21,22,24)/b20-10-. The van der Waals surface area contributed by atoms with Crippen molar-refractivity contribution < 1.29 is 17.9 Å². The van der Waals surface area contributed by atoms with E-state index in [4.69, 9.17) is 17.0 Å². The first kappa shape index (κ1) is 17.7. The predicted octanol–water partition coefficient (Wildman–Crippen LogP) is 4.03. The first-order valence-electron chi connectivity index (χ1n) is 6.80. The fraction of sp³-hybridized carbons (Fsp3) is 0.125. The van der Waals surface area contributed by atoms with Crippen LogP contribution in [0.25, 0.3) is 0 Å². The SMILES string of the molecule is COc1cccc(NC(=S)N/N=C\c2ccc(C(F)(F)F)cc2)c1. The highest BCUT2D eigenvalue weighted by atomic mass is 32.1. The largest absolute Gasteiger partial charge is 0.497 e. The molecule has 0 heterocycles. The number of hydrogen-bond donors (Lipinski definition) is 2. The molecule has 2 aromatic carbocycles. The van der Waals surface area contributed by atoms with Crippen LogP contribution in [-0.4, -0.2) is 18.4 Å². The van der Waals surface area contributed by atoms with Crippen LogP contribution >= 0.6 is 12.2 Å². The van der Waals surface area contributed by atoms with E-state index in [1.54, 1.807) is 31.4 Å². The molecule has 2 N–H and O–H groups in total. The van der Waals surface area contributed by atoms with Crippen LogP contribution in [0.3, 0.4) is 0 Å². The summed E-state index contributed by atoms with van der Waals surface area (Å²) in [5.41, 5.74) is 3.12. The van der Waals surface area contributed by atoms with Gasteiger partial charge in [-0.25, -0.2) is 0 Å². The van der Waals surface area contributed by atoms with Gasteiger partial charge < -0.3 is 10.1 Å². The lowest BCUT2D eigenvalue weighted by Crippen LogP contribution is -2.23. The van der Waals surface area contributed by atoms with Gasteiger partial charge in [0, 0.05) is 11.8 Å². The molecule has 24 heavy (non-hydrogen) atoms. The number of thiocarbonyl (C=S) groups is 1. The average Bonchev–Trinajstić information content (AvgIpc) is 2.54. The van der Waals surface area contributed by atoms with Crippen LogP contribution < -0.4 is 15.5 Å². The third kappa shape index (κ3) is 5.24. The molecular formula is C16H14F3N3OS. The van der Waals surface area contributed by atoms with Gasteiger partial charge in [0.1, 0.15) is 5.75 Å². The quantitative estimate of drug-likeness (QED) is 0.495. The van der Waals surface area contributed by atoms with Crippen LogP contribution in [0, 0.1) is 0 Å². The molecule has 0 saturated heterocycles. The minimum Gasteiger partial charge on any atom is -0.497 e. The number of rotatable bonds is 4. The molecule has 4 nitrogen and oxygen atoms in total. The highest BCUT2D eigenvalue weighted by Gasteiger charge is 2.29. The van der Waals surface area contributed by atoms with E-state index >= 15 is 0 Å². The van der Waals surface area contributed by atoms with Crippen LogP contribution in [0.4, 0.5) is 18.9 Å². The number of hydrazone groups is 1. The summed E-state index contributed by atoms with van der Waals surface area (Å²) in [7, 11) is 1.56. The molecule has 0 bridgehead atoms. The Morgan fingerprint density at radius 1 is 1.17 bits per heavy atom. The van der Waals surface area contributed by atoms with E-state index in [0.717, 1.165) is 17.8 Å². The predicted molar refractivity (Wildman–Crippen MR) is 91.4 cm³/mol. The smallest absolute Gasteiger partial charge is 0.416 e. The maximum Gasteiger partial charge on any atom is 0.416 e. The number of methoxy groups -OCH3 is 1. The van der Waals surface area contributed by atoms with E-state index in [-0.39, 0.29) is 5.11 Å². The van der Waals surface area contributed by atoms with Gasteiger partial charge in [-0.15, -0.1) is 0 Å². The summed E-state index contributed by atoms with van der Waals surface area (Å²) in [5.74, 6) is 0.677. The third-order valence-corrected chi connectivity index (χ3v) is 3.14. The van der Waals surface area contributed by atoms with Crippen molar-refractivity contribution in [2.24, 2.45) is 5.10 Å². The van der Waals surface area contributed by atoms with Crippen LogP contribution in [-0.2, 0) is 6.18 Å². The van der Waals surface area contributed by atoms with Gasteiger partial charge in [-0.1, -0.05) is 18.2 Å². The maximum absolute atomic E-state index is 12.5. The fourth-order valence-corrected chi connectivity index (χ4v) is 1.95. The summed E-state index contributed by atoms with van der Waals surface area (Å²) in [4.78, 5) is 0. The molecule has 0 aliphatic carbocycles. The Morgan fingerprint density at radius 3 is 2.50 bits per heavy atom. The Bertz CT molecular complexity index is 730. The first-order chi connectivity index (χ1) is 11.4. The van der Waals surface area contributed by atoms with Gasteiger partial charge in [-0.2, -0.15) is 18.3 Å². The van der Waals surface area contributed by atoms with Crippen LogP contribution in [0.15, 0.2) is 53.6 Å². The van der Waals surface area contributed by atoms with E-state index in [9.17, 15) is 13.2 Å². The van der Waals surface area contributed by atoms with E-state index in [1.807, 2.05) is 0 Å². The molecule has 0 amide bonds. The zero-order valence-electron chi connectivity index (χ0n) is 12.6. The molecule has 0 unspecified atom stereocenters. The number of nitrogens with one attached hydrogen (secondary N) is 2. The minimum absolute atomic E-state index is 0.242. The van der Waals surface area contributed by atoms with Gasteiger partial charge in [-0.05, 0) is 42.0 Å². The van der Waals surface area contributed by atoms with E-state index in [0.29, 0.717) is 11.3 Å². The van der Waals surface area contributed by atoms with Crippen LogP contribution in [0.2, 0.25) is 0 Å². The molecule has 0 saturated carbocycles. The summed E-state index contributed by atoms with van der Waals surface area (Å²) in [5, 5.41) is 7.03. The van der Waals surface area contributed by atoms with Gasteiger partial charge in [-0.3, -0.25) is 5.43 Å².